The van der Waals surface area contributed by atoms with Crippen molar-refractivity contribution in [1.29, 1.82) is 0 Å². The second-order valence-corrected chi connectivity index (χ2v) is 6.27. The van der Waals surface area contributed by atoms with Gasteiger partial charge in [0.05, 0.1) is 0 Å². The molecule has 3 nitrogen and oxygen atoms in total. The molecule has 1 heterocycles. The van der Waals surface area contributed by atoms with E-state index in [-0.39, 0.29) is 30.2 Å². The van der Waals surface area contributed by atoms with Crippen molar-refractivity contribution in [3.8, 4) is 0 Å². The molecule has 1 saturated heterocycles. The minimum atomic E-state index is -0.321. The fourth-order valence-electron chi connectivity index (χ4n) is 2.60. The van der Waals surface area contributed by atoms with Crippen LogP contribution in [0.4, 0.5) is 4.39 Å². The second-order valence-electron chi connectivity index (χ2n) is 5.11. The lowest BCUT2D eigenvalue weighted by atomic mass is 10.0. The first-order valence-corrected chi connectivity index (χ1v) is 8.18. The summed E-state index contributed by atoms with van der Waals surface area (Å²) < 4.78 is 14.2. The van der Waals surface area contributed by atoms with E-state index in [4.69, 9.17) is 0 Å². The molecule has 0 spiro atoms. The van der Waals surface area contributed by atoms with Crippen molar-refractivity contribution >= 4 is 40.9 Å². The third kappa shape index (κ3) is 4.79. The average molecular weight is 427 g/mol. The van der Waals surface area contributed by atoms with E-state index < -0.39 is 0 Å². The molecule has 0 aromatic heterocycles. The number of rotatable bonds is 4. The van der Waals surface area contributed by atoms with E-state index in [0.29, 0.717) is 9.13 Å². The van der Waals surface area contributed by atoms with Crippen LogP contribution < -0.4 is 5.32 Å². The van der Waals surface area contributed by atoms with Gasteiger partial charge in [0.1, 0.15) is 5.82 Å². The number of halogens is 3. The van der Waals surface area contributed by atoms with Crippen LogP contribution in [0.1, 0.15) is 36.5 Å². The van der Waals surface area contributed by atoms with Crippen molar-refractivity contribution in [3.05, 3.63) is 33.1 Å². The highest BCUT2D eigenvalue weighted by Gasteiger charge is 2.25. The summed E-state index contributed by atoms with van der Waals surface area (Å²) >= 11 is 1.93. The highest BCUT2D eigenvalue weighted by Crippen LogP contribution is 2.19. The summed E-state index contributed by atoms with van der Waals surface area (Å²) in [4.78, 5) is 14.6. The molecule has 0 radical (unpaired) electrons. The van der Waals surface area contributed by atoms with Crippen LogP contribution >= 0.6 is 35.0 Å². The number of carbonyl (C=O) groups excluding carboxylic acids is 1. The molecular weight excluding hydrogens is 406 g/mol. The largest absolute Gasteiger partial charge is 0.336 e. The summed E-state index contributed by atoms with van der Waals surface area (Å²) in [6.07, 6.45) is 2.86. The van der Waals surface area contributed by atoms with Crippen molar-refractivity contribution in [1.82, 2.24) is 10.2 Å². The molecule has 1 aliphatic heterocycles. The van der Waals surface area contributed by atoms with Crippen molar-refractivity contribution < 1.29 is 9.18 Å². The molecule has 0 aliphatic carbocycles. The Kier molecular flexibility index (Phi) is 7.90. The number of nitrogens with one attached hydrogen (secondary N) is 1. The van der Waals surface area contributed by atoms with Gasteiger partial charge in [0.15, 0.2) is 0 Å². The Morgan fingerprint density at radius 2 is 2.10 bits per heavy atom. The molecule has 6 heteroatoms. The van der Waals surface area contributed by atoms with Gasteiger partial charge < -0.3 is 10.2 Å². The van der Waals surface area contributed by atoms with E-state index in [1.165, 1.54) is 6.07 Å². The Labute approximate surface area is 145 Å². The van der Waals surface area contributed by atoms with Crippen molar-refractivity contribution in [3.63, 3.8) is 0 Å². The van der Waals surface area contributed by atoms with Crippen LogP contribution in [-0.2, 0) is 0 Å². The zero-order chi connectivity index (χ0) is 14.5. The molecule has 2 rings (SSSR count). The molecule has 1 aliphatic rings. The van der Waals surface area contributed by atoms with Gasteiger partial charge in [-0.15, -0.1) is 12.4 Å². The quantitative estimate of drug-likeness (QED) is 0.748. The highest BCUT2D eigenvalue weighted by atomic mass is 127. The normalized spacial score (nSPS) is 15.4. The first kappa shape index (κ1) is 18.6. The van der Waals surface area contributed by atoms with Crippen LogP contribution in [0, 0.1) is 9.39 Å². The Morgan fingerprint density at radius 1 is 1.43 bits per heavy atom. The molecule has 0 unspecified atom stereocenters. The Hall–Kier alpha value is -0.400. The molecule has 1 aromatic carbocycles. The maximum Gasteiger partial charge on any atom is 0.254 e. The van der Waals surface area contributed by atoms with Gasteiger partial charge in [0, 0.05) is 21.7 Å². The molecule has 118 valence electrons. The molecule has 0 atom stereocenters. The van der Waals surface area contributed by atoms with E-state index in [1.54, 1.807) is 12.1 Å². The van der Waals surface area contributed by atoms with Crippen LogP contribution in [0.15, 0.2) is 18.2 Å². The molecule has 0 bridgehead atoms. The van der Waals surface area contributed by atoms with E-state index in [9.17, 15) is 9.18 Å². The summed E-state index contributed by atoms with van der Waals surface area (Å²) in [5.41, 5.74) is 0.454. The lowest BCUT2D eigenvalue weighted by Gasteiger charge is -2.34. The van der Waals surface area contributed by atoms with E-state index in [1.807, 2.05) is 27.5 Å². The fourth-order valence-corrected chi connectivity index (χ4v) is 2.94. The van der Waals surface area contributed by atoms with Crippen LogP contribution in [0.3, 0.4) is 0 Å². The number of benzene rings is 1. The minimum absolute atomic E-state index is 0. The Balaban J connectivity index is 0.00000220. The Morgan fingerprint density at radius 3 is 2.67 bits per heavy atom. The Bertz CT molecular complexity index is 481. The van der Waals surface area contributed by atoms with Crippen molar-refractivity contribution in [2.45, 2.75) is 32.2 Å². The number of hydrogen-bond donors (Lipinski definition) is 1. The third-order valence-corrected chi connectivity index (χ3v) is 4.52. The fraction of sp³-hybridized carbons (Fsp3) is 0.533. The summed E-state index contributed by atoms with van der Waals surface area (Å²) in [5, 5.41) is 3.31. The zero-order valence-corrected chi connectivity index (χ0v) is 15.0. The van der Waals surface area contributed by atoms with E-state index >= 15 is 0 Å². The maximum atomic E-state index is 13.6. The topological polar surface area (TPSA) is 32.3 Å². The summed E-state index contributed by atoms with van der Waals surface area (Å²) in [5.74, 6) is -0.368. The lowest BCUT2D eigenvalue weighted by Crippen LogP contribution is -2.46. The second kappa shape index (κ2) is 8.90. The van der Waals surface area contributed by atoms with Crippen molar-refractivity contribution in [2.75, 3.05) is 19.6 Å². The zero-order valence-electron chi connectivity index (χ0n) is 12.1. The van der Waals surface area contributed by atoms with Crippen LogP contribution in [0.25, 0.3) is 0 Å². The molecule has 0 saturated carbocycles. The lowest BCUT2D eigenvalue weighted by molar-refractivity contribution is 0.0642. The third-order valence-electron chi connectivity index (χ3n) is 3.64. The van der Waals surface area contributed by atoms with Crippen LogP contribution in [0.2, 0.25) is 0 Å². The van der Waals surface area contributed by atoms with Gasteiger partial charge in [0.25, 0.3) is 5.91 Å². The first-order valence-electron chi connectivity index (χ1n) is 7.10. The highest BCUT2D eigenvalue weighted by molar-refractivity contribution is 14.1. The minimum Gasteiger partial charge on any atom is -0.336 e. The van der Waals surface area contributed by atoms with Gasteiger partial charge in [-0.05, 0) is 73.1 Å². The van der Waals surface area contributed by atoms with Gasteiger partial charge in [0.2, 0.25) is 0 Å². The van der Waals surface area contributed by atoms with Gasteiger partial charge in [-0.1, -0.05) is 6.92 Å². The summed E-state index contributed by atoms with van der Waals surface area (Å²) in [7, 11) is 0. The predicted octanol–water partition coefficient (Wildman–Crippen LogP) is 3.46. The molecule has 21 heavy (non-hydrogen) atoms. The van der Waals surface area contributed by atoms with Gasteiger partial charge >= 0.3 is 0 Å². The van der Waals surface area contributed by atoms with Gasteiger partial charge in [-0.3, -0.25) is 4.79 Å². The van der Waals surface area contributed by atoms with E-state index in [2.05, 4.69) is 12.2 Å². The molecule has 1 N–H and O–H groups in total. The summed E-state index contributed by atoms with van der Waals surface area (Å²) in [6, 6.07) is 5.01. The van der Waals surface area contributed by atoms with E-state index in [0.717, 1.165) is 38.9 Å². The smallest absolute Gasteiger partial charge is 0.254 e. The molecule has 1 amide bonds. The maximum absolute atomic E-state index is 13.6. The SMILES string of the molecule is CCCN(C(=O)c1ccc(I)c(F)c1)C1CCNCC1.Cl. The molecule has 1 aromatic rings. The number of carbonyl (C=O) groups is 1. The molecular formula is C15H21ClFIN2O. The van der Waals surface area contributed by atoms with Crippen LogP contribution in [0.5, 0.6) is 0 Å². The standard InChI is InChI=1S/C15H20FIN2O.ClH/c1-2-9-19(12-5-7-18-8-6-12)15(20)11-3-4-14(17)13(16)10-11;/h3-4,10,12,18H,2,5-9H2,1H3;1H. The van der Waals surface area contributed by atoms with Crippen LogP contribution in [-0.4, -0.2) is 36.5 Å². The monoisotopic (exact) mass is 426 g/mol. The number of hydrogen-bond acceptors (Lipinski definition) is 2. The van der Waals surface area contributed by atoms with Crippen molar-refractivity contribution in [2.24, 2.45) is 0 Å². The van der Waals surface area contributed by atoms with Gasteiger partial charge in [-0.25, -0.2) is 4.39 Å². The average Bonchev–Trinajstić information content (AvgIpc) is 2.48. The number of nitrogens with zero attached hydrogens (tertiary/aromatic N) is 1. The number of amides is 1. The summed E-state index contributed by atoms with van der Waals surface area (Å²) in [6.45, 7) is 4.69. The molecule has 1 fully saturated rings. The number of piperidine rings is 1. The first-order chi connectivity index (χ1) is 9.63. The van der Waals surface area contributed by atoms with Gasteiger partial charge in [-0.2, -0.15) is 0 Å². The predicted molar refractivity (Wildman–Crippen MR) is 93.6 cm³/mol.